The quantitative estimate of drug-likeness (QED) is 0.918. The van der Waals surface area contributed by atoms with Crippen LogP contribution in [-0.2, 0) is 6.54 Å². The molecule has 6 heteroatoms. The molecule has 92 valence electrons. The van der Waals surface area contributed by atoms with Crippen LogP contribution in [0.2, 0.25) is 0 Å². The predicted molar refractivity (Wildman–Crippen MR) is 65.7 cm³/mol. The molecular formula is C11H11Cl2NO3. The average molecular weight is 276 g/mol. The van der Waals surface area contributed by atoms with Gasteiger partial charge in [0.05, 0.1) is 5.03 Å². The van der Waals surface area contributed by atoms with Crippen molar-refractivity contribution < 1.29 is 14.2 Å². The summed E-state index contributed by atoms with van der Waals surface area (Å²) in [5.41, 5.74) is 7.72. The first-order valence-corrected chi connectivity index (χ1v) is 5.76. The molecule has 4 nitrogen and oxygen atoms in total. The lowest BCUT2D eigenvalue weighted by Gasteiger charge is -2.10. The first kappa shape index (κ1) is 12.4. The molecular weight excluding hydrogens is 265 g/mol. The number of nitrogens with two attached hydrogens (primary N) is 1. The Morgan fingerprint density at radius 2 is 2.12 bits per heavy atom. The van der Waals surface area contributed by atoms with Gasteiger partial charge in [-0.05, 0) is 6.07 Å². The second-order valence-corrected chi connectivity index (χ2v) is 4.07. The van der Waals surface area contributed by atoms with Crippen LogP contribution in [-0.4, -0.2) is 13.4 Å². The number of fused-ring (bicyclic) bond motifs is 1. The fourth-order valence-electron chi connectivity index (χ4n) is 1.44. The van der Waals surface area contributed by atoms with E-state index < -0.39 is 0 Å². The van der Waals surface area contributed by atoms with Crippen LogP contribution < -0.4 is 19.9 Å². The van der Waals surface area contributed by atoms with Crippen molar-refractivity contribution in [1.29, 1.82) is 0 Å². The van der Waals surface area contributed by atoms with E-state index in [0.29, 0.717) is 28.8 Å². The fraction of sp³-hybridized carbons (Fsp3) is 0.273. The second-order valence-electron chi connectivity index (χ2n) is 3.36. The molecule has 1 heterocycles. The Kier molecular flexibility index (Phi) is 3.99. The van der Waals surface area contributed by atoms with E-state index in [0.717, 1.165) is 5.56 Å². The summed E-state index contributed by atoms with van der Waals surface area (Å²) in [7, 11) is 0. The van der Waals surface area contributed by atoms with Crippen LogP contribution in [0.25, 0.3) is 0 Å². The van der Waals surface area contributed by atoms with Gasteiger partial charge in [-0.15, -0.1) is 0 Å². The summed E-state index contributed by atoms with van der Waals surface area (Å²) < 4.78 is 16.0. The molecule has 1 aromatic rings. The fourth-order valence-corrected chi connectivity index (χ4v) is 1.56. The van der Waals surface area contributed by atoms with E-state index in [2.05, 4.69) is 0 Å². The van der Waals surface area contributed by atoms with Gasteiger partial charge in [0.1, 0.15) is 12.4 Å². The van der Waals surface area contributed by atoms with Gasteiger partial charge in [0.2, 0.25) is 6.79 Å². The summed E-state index contributed by atoms with van der Waals surface area (Å²) >= 11 is 11.2. The molecule has 1 aromatic carbocycles. The standard InChI is InChI=1S/C11H11Cl2NO3/c12-3-8(13)5-15-9-2-11-10(16-6-17-11)1-7(9)4-14/h1-3H,4-6,14H2. The molecule has 0 amide bonds. The average Bonchev–Trinajstić information content (AvgIpc) is 2.81. The Hall–Kier alpha value is -1.10. The van der Waals surface area contributed by atoms with E-state index in [4.69, 9.17) is 43.1 Å². The molecule has 0 aliphatic carbocycles. The minimum Gasteiger partial charge on any atom is -0.487 e. The summed E-state index contributed by atoms with van der Waals surface area (Å²) in [6, 6.07) is 3.54. The van der Waals surface area contributed by atoms with Crippen molar-refractivity contribution in [2.45, 2.75) is 6.54 Å². The first-order chi connectivity index (χ1) is 8.24. The maximum absolute atomic E-state index is 5.74. The molecule has 0 saturated carbocycles. The molecule has 0 fully saturated rings. The van der Waals surface area contributed by atoms with Crippen LogP contribution >= 0.6 is 23.2 Å². The second kappa shape index (κ2) is 5.49. The van der Waals surface area contributed by atoms with Gasteiger partial charge in [0, 0.05) is 23.7 Å². The normalized spacial score (nSPS) is 13.9. The van der Waals surface area contributed by atoms with E-state index in [-0.39, 0.29) is 13.4 Å². The highest BCUT2D eigenvalue weighted by atomic mass is 35.5. The Labute approximate surface area is 109 Å². The van der Waals surface area contributed by atoms with Crippen LogP contribution in [0.15, 0.2) is 22.7 Å². The van der Waals surface area contributed by atoms with Gasteiger partial charge in [-0.2, -0.15) is 0 Å². The summed E-state index contributed by atoms with van der Waals surface area (Å²) in [6.07, 6.45) is 0. The maximum Gasteiger partial charge on any atom is 0.231 e. The highest BCUT2D eigenvalue weighted by Gasteiger charge is 2.17. The molecule has 17 heavy (non-hydrogen) atoms. The number of ether oxygens (including phenoxy) is 3. The third-order valence-corrected chi connectivity index (χ3v) is 2.85. The lowest BCUT2D eigenvalue weighted by atomic mass is 10.2. The van der Waals surface area contributed by atoms with Crippen LogP contribution in [0, 0.1) is 0 Å². The first-order valence-electron chi connectivity index (χ1n) is 4.94. The van der Waals surface area contributed by atoms with E-state index in [9.17, 15) is 0 Å². The monoisotopic (exact) mass is 275 g/mol. The molecule has 0 spiro atoms. The third-order valence-electron chi connectivity index (χ3n) is 2.26. The topological polar surface area (TPSA) is 53.7 Å². The van der Waals surface area contributed by atoms with Gasteiger partial charge in [0.15, 0.2) is 11.5 Å². The van der Waals surface area contributed by atoms with Gasteiger partial charge >= 0.3 is 0 Å². The van der Waals surface area contributed by atoms with E-state index >= 15 is 0 Å². The molecule has 0 bridgehead atoms. The molecule has 1 aliphatic heterocycles. The summed E-state index contributed by atoms with van der Waals surface area (Å²) in [6.45, 7) is 0.747. The third kappa shape index (κ3) is 2.77. The number of rotatable bonds is 4. The van der Waals surface area contributed by atoms with Crippen molar-refractivity contribution in [2.24, 2.45) is 5.73 Å². The van der Waals surface area contributed by atoms with E-state index in [1.807, 2.05) is 0 Å². The van der Waals surface area contributed by atoms with Crippen LogP contribution in [0.5, 0.6) is 17.2 Å². The number of hydrogen-bond donors (Lipinski definition) is 1. The zero-order valence-electron chi connectivity index (χ0n) is 8.91. The van der Waals surface area contributed by atoms with Crippen LogP contribution in [0.4, 0.5) is 0 Å². The molecule has 0 atom stereocenters. The molecule has 0 radical (unpaired) electrons. The maximum atomic E-state index is 5.74. The summed E-state index contributed by atoms with van der Waals surface area (Å²) in [5.74, 6) is 1.94. The molecule has 2 rings (SSSR count). The predicted octanol–water partition coefficient (Wildman–Crippen LogP) is 2.57. The van der Waals surface area contributed by atoms with E-state index in [1.54, 1.807) is 12.1 Å². The largest absolute Gasteiger partial charge is 0.487 e. The smallest absolute Gasteiger partial charge is 0.231 e. The Balaban J connectivity index is 2.20. The molecule has 1 aliphatic rings. The highest BCUT2D eigenvalue weighted by molar-refractivity contribution is 6.36. The minimum absolute atomic E-state index is 0.192. The van der Waals surface area contributed by atoms with Crippen molar-refractivity contribution in [1.82, 2.24) is 0 Å². The van der Waals surface area contributed by atoms with Crippen molar-refractivity contribution in [3.63, 3.8) is 0 Å². The number of hydrogen-bond acceptors (Lipinski definition) is 4. The van der Waals surface area contributed by atoms with Gasteiger partial charge in [-0.1, -0.05) is 23.2 Å². The zero-order chi connectivity index (χ0) is 12.3. The van der Waals surface area contributed by atoms with E-state index in [1.165, 1.54) is 5.54 Å². The van der Waals surface area contributed by atoms with Gasteiger partial charge in [-0.25, -0.2) is 0 Å². The lowest BCUT2D eigenvalue weighted by Crippen LogP contribution is -2.04. The lowest BCUT2D eigenvalue weighted by molar-refractivity contribution is 0.174. The van der Waals surface area contributed by atoms with Crippen LogP contribution in [0.1, 0.15) is 5.56 Å². The molecule has 2 N–H and O–H groups in total. The number of halogens is 2. The number of benzene rings is 1. The van der Waals surface area contributed by atoms with Crippen molar-refractivity contribution in [2.75, 3.05) is 13.4 Å². The van der Waals surface area contributed by atoms with Crippen LogP contribution in [0.3, 0.4) is 0 Å². The molecule has 0 saturated heterocycles. The Morgan fingerprint density at radius 1 is 1.41 bits per heavy atom. The summed E-state index contributed by atoms with van der Waals surface area (Å²) in [5, 5.41) is 0.410. The minimum atomic E-state index is 0.192. The van der Waals surface area contributed by atoms with Crippen molar-refractivity contribution in [3.8, 4) is 17.2 Å². The van der Waals surface area contributed by atoms with Gasteiger partial charge < -0.3 is 19.9 Å². The molecule has 0 aromatic heterocycles. The van der Waals surface area contributed by atoms with Crippen molar-refractivity contribution in [3.05, 3.63) is 28.3 Å². The molecule has 0 unspecified atom stereocenters. The Bertz CT molecular complexity index is 449. The summed E-state index contributed by atoms with van der Waals surface area (Å²) in [4.78, 5) is 0. The van der Waals surface area contributed by atoms with Gasteiger partial charge in [0.25, 0.3) is 0 Å². The van der Waals surface area contributed by atoms with Gasteiger partial charge in [-0.3, -0.25) is 0 Å². The highest BCUT2D eigenvalue weighted by Crippen LogP contribution is 2.38. The zero-order valence-corrected chi connectivity index (χ0v) is 10.4. The van der Waals surface area contributed by atoms with Crippen molar-refractivity contribution >= 4 is 23.2 Å². The Morgan fingerprint density at radius 3 is 2.76 bits per heavy atom. The SMILES string of the molecule is NCc1cc2c(cc1OCC(Cl)=CCl)OCO2.